The molecule has 0 saturated carbocycles. The highest BCUT2D eigenvalue weighted by Crippen LogP contribution is 2.31. The van der Waals surface area contributed by atoms with E-state index >= 15 is 0 Å². The largest absolute Gasteiger partial charge is 0.343 e. The van der Waals surface area contributed by atoms with Crippen LogP contribution in [0.2, 0.25) is 0 Å². The van der Waals surface area contributed by atoms with E-state index in [0.717, 1.165) is 0 Å². The van der Waals surface area contributed by atoms with E-state index in [-0.39, 0.29) is 51.5 Å². The molecule has 0 radical (unpaired) electrons. The van der Waals surface area contributed by atoms with Crippen molar-refractivity contribution in [1.82, 2.24) is 9.21 Å². The number of fused-ring (bicyclic) bond motifs is 2. The molecule has 0 spiro atoms. The number of rotatable bonds is 5. The standard InChI is InChI=1S/C24H26N2O5S/c1-3-25(4-2)24(29)16-8-7-13-26(15-16)32(30,31)17-11-12-20-21(14-17)23(28)19-10-6-5-9-18(19)22(20)27/h5-6,9-12,14,16H,3-4,7-8,13,15H2,1-2H3. The Morgan fingerprint density at radius 3 is 2.19 bits per heavy atom. The van der Waals surface area contributed by atoms with Crippen molar-refractivity contribution in [3.05, 3.63) is 64.7 Å². The highest BCUT2D eigenvalue weighted by molar-refractivity contribution is 7.89. The number of hydrogen-bond donors (Lipinski definition) is 0. The lowest BCUT2D eigenvalue weighted by Gasteiger charge is -2.34. The summed E-state index contributed by atoms with van der Waals surface area (Å²) in [5.74, 6) is -1.06. The molecule has 1 heterocycles. The van der Waals surface area contributed by atoms with Crippen molar-refractivity contribution in [1.29, 1.82) is 0 Å². The summed E-state index contributed by atoms with van der Waals surface area (Å²) in [6.45, 7) is 5.41. The van der Waals surface area contributed by atoms with Gasteiger partial charge in [0.15, 0.2) is 11.6 Å². The van der Waals surface area contributed by atoms with Gasteiger partial charge in [0.1, 0.15) is 0 Å². The van der Waals surface area contributed by atoms with E-state index in [1.165, 1.54) is 22.5 Å². The second-order valence-corrected chi connectivity index (χ2v) is 10.1. The molecule has 1 aliphatic carbocycles. The van der Waals surface area contributed by atoms with Crippen LogP contribution in [0.3, 0.4) is 0 Å². The van der Waals surface area contributed by atoms with Crippen molar-refractivity contribution in [3.63, 3.8) is 0 Å². The zero-order valence-electron chi connectivity index (χ0n) is 18.2. The van der Waals surface area contributed by atoms with Crippen LogP contribution < -0.4 is 0 Å². The molecular formula is C24H26N2O5S. The van der Waals surface area contributed by atoms with Crippen LogP contribution in [0.4, 0.5) is 0 Å². The first-order valence-electron chi connectivity index (χ1n) is 10.9. The van der Waals surface area contributed by atoms with Crippen LogP contribution in [0.1, 0.15) is 58.5 Å². The lowest BCUT2D eigenvalue weighted by molar-refractivity contribution is -0.136. The van der Waals surface area contributed by atoms with Crippen LogP contribution in [0.25, 0.3) is 0 Å². The molecule has 0 N–H and O–H groups in total. The minimum atomic E-state index is -3.92. The first kappa shape index (κ1) is 22.4. The van der Waals surface area contributed by atoms with Gasteiger partial charge >= 0.3 is 0 Å². The molecule has 1 atom stereocenters. The van der Waals surface area contributed by atoms with Gasteiger partial charge in [-0.15, -0.1) is 0 Å². The van der Waals surface area contributed by atoms with Gasteiger partial charge in [-0.25, -0.2) is 8.42 Å². The number of nitrogens with zero attached hydrogens (tertiary/aromatic N) is 2. The van der Waals surface area contributed by atoms with E-state index in [2.05, 4.69) is 0 Å². The van der Waals surface area contributed by atoms with Gasteiger partial charge in [0.05, 0.1) is 10.8 Å². The van der Waals surface area contributed by atoms with Crippen molar-refractivity contribution >= 4 is 27.5 Å². The number of piperidine rings is 1. The summed E-state index contributed by atoms with van der Waals surface area (Å²) >= 11 is 0. The van der Waals surface area contributed by atoms with Crippen molar-refractivity contribution in [2.75, 3.05) is 26.2 Å². The second-order valence-electron chi connectivity index (χ2n) is 8.12. The fourth-order valence-electron chi connectivity index (χ4n) is 4.54. The molecule has 4 rings (SSSR count). The molecule has 0 bridgehead atoms. The molecule has 1 aliphatic heterocycles. The molecular weight excluding hydrogens is 428 g/mol. The molecule has 1 unspecified atom stereocenters. The van der Waals surface area contributed by atoms with Crippen molar-refractivity contribution in [3.8, 4) is 0 Å². The zero-order chi connectivity index (χ0) is 23.0. The average Bonchev–Trinajstić information content (AvgIpc) is 2.83. The Morgan fingerprint density at radius 2 is 1.56 bits per heavy atom. The predicted octanol–water partition coefficient (Wildman–Crippen LogP) is 2.73. The molecule has 8 heteroatoms. The van der Waals surface area contributed by atoms with Crippen LogP contribution in [0.5, 0.6) is 0 Å². The van der Waals surface area contributed by atoms with Crippen molar-refractivity contribution in [2.45, 2.75) is 31.6 Å². The number of carbonyl (C=O) groups excluding carboxylic acids is 3. The van der Waals surface area contributed by atoms with Gasteiger partial charge in [-0.1, -0.05) is 24.3 Å². The first-order valence-corrected chi connectivity index (χ1v) is 12.3. The van der Waals surface area contributed by atoms with E-state index < -0.39 is 10.0 Å². The smallest absolute Gasteiger partial charge is 0.243 e. The van der Waals surface area contributed by atoms with E-state index in [0.29, 0.717) is 38.0 Å². The Labute approximate surface area is 188 Å². The summed E-state index contributed by atoms with van der Waals surface area (Å²) in [7, 11) is -3.92. The van der Waals surface area contributed by atoms with Gasteiger partial charge in [-0.05, 0) is 44.9 Å². The number of hydrogen-bond acceptors (Lipinski definition) is 5. The predicted molar refractivity (Wildman–Crippen MR) is 119 cm³/mol. The third-order valence-corrected chi connectivity index (χ3v) is 8.20. The van der Waals surface area contributed by atoms with Crippen LogP contribution in [0.15, 0.2) is 47.4 Å². The summed E-state index contributed by atoms with van der Waals surface area (Å²) < 4.78 is 28.1. The third-order valence-electron chi connectivity index (χ3n) is 6.34. The van der Waals surface area contributed by atoms with E-state index in [1.54, 1.807) is 29.2 Å². The van der Waals surface area contributed by atoms with Crippen molar-refractivity contribution < 1.29 is 22.8 Å². The van der Waals surface area contributed by atoms with Crippen molar-refractivity contribution in [2.24, 2.45) is 5.92 Å². The topological polar surface area (TPSA) is 91.8 Å². The van der Waals surface area contributed by atoms with Crippen LogP contribution >= 0.6 is 0 Å². The number of benzene rings is 2. The number of ketones is 2. The maximum atomic E-state index is 13.4. The van der Waals surface area contributed by atoms with E-state index in [4.69, 9.17) is 0 Å². The molecule has 2 aromatic carbocycles. The third kappa shape index (κ3) is 3.67. The summed E-state index contributed by atoms with van der Waals surface area (Å²) in [6, 6.07) is 10.6. The summed E-state index contributed by atoms with van der Waals surface area (Å²) in [6.07, 6.45) is 1.24. The highest BCUT2D eigenvalue weighted by atomic mass is 32.2. The summed E-state index contributed by atoms with van der Waals surface area (Å²) in [4.78, 5) is 40.2. The fraction of sp³-hybridized carbons (Fsp3) is 0.375. The van der Waals surface area contributed by atoms with Crippen LogP contribution in [-0.2, 0) is 14.8 Å². The Bertz CT molecular complexity index is 1200. The molecule has 1 amide bonds. The molecule has 2 aromatic rings. The molecule has 2 aliphatic rings. The SMILES string of the molecule is CCN(CC)C(=O)C1CCCN(S(=O)(=O)c2ccc3c(c2)C(=O)c2ccccc2C3=O)C1. The minimum absolute atomic E-state index is 0.0299. The Kier molecular flexibility index (Phi) is 6.01. The molecule has 1 fully saturated rings. The average molecular weight is 455 g/mol. The Morgan fingerprint density at radius 1 is 0.969 bits per heavy atom. The Hall–Kier alpha value is -2.84. The molecule has 168 valence electrons. The highest BCUT2D eigenvalue weighted by Gasteiger charge is 2.36. The normalized spacial score (nSPS) is 18.8. The zero-order valence-corrected chi connectivity index (χ0v) is 19.0. The molecule has 0 aromatic heterocycles. The number of sulfonamides is 1. The molecule has 7 nitrogen and oxygen atoms in total. The lowest BCUT2D eigenvalue weighted by Crippen LogP contribution is -2.46. The van der Waals surface area contributed by atoms with Gasteiger partial charge in [-0.2, -0.15) is 4.31 Å². The second kappa shape index (κ2) is 8.60. The summed E-state index contributed by atoms with van der Waals surface area (Å²) in [5, 5.41) is 0. The van der Waals surface area contributed by atoms with Gasteiger partial charge in [0, 0.05) is 48.4 Å². The first-order chi connectivity index (χ1) is 15.3. The van der Waals surface area contributed by atoms with Gasteiger partial charge < -0.3 is 4.90 Å². The van der Waals surface area contributed by atoms with E-state index in [9.17, 15) is 22.8 Å². The monoisotopic (exact) mass is 454 g/mol. The maximum Gasteiger partial charge on any atom is 0.243 e. The maximum absolute atomic E-state index is 13.4. The fourth-order valence-corrected chi connectivity index (χ4v) is 6.09. The van der Waals surface area contributed by atoms with Crippen LogP contribution in [0, 0.1) is 5.92 Å². The van der Waals surface area contributed by atoms with Gasteiger partial charge in [0.25, 0.3) is 0 Å². The van der Waals surface area contributed by atoms with E-state index in [1.807, 2.05) is 13.8 Å². The minimum Gasteiger partial charge on any atom is -0.343 e. The van der Waals surface area contributed by atoms with Gasteiger partial charge in [0.2, 0.25) is 15.9 Å². The number of carbonyl (C=O) groups is 3. The van der Waals surface area contributed by atoms with Crippen LogP contribution in [-0.4, -0.2) is 61.3 Å². The van der Waals surface area contributed by atoms with Gasteiger partial charge in [-0.3, -0.25) is 14.4 Å². The molecule has 32 heavy (non-hydrogen) atoms. The molecule has 1 saturated heterocycles. The number of amides is 1. The Balaban J connectivity index is 1.65. The quantitative estimate of drug-likeness (QED) is 0.591. The summed E-state index contributed by atoms with van der Waals surface area (Å²) in [5.41, 5.74) is 0.917. The lowest BCUT2D eigenvalue weighted by atomic mass is 9.84.